The van der Waals surface area contributed by atoms with Gasteiger partial charge < -0.3 is 14.9 Å². The van der Waals surface area contributed by atoms with Gasteiger partial charge in [-0.2, -0.15) is 0 Å². The Balaban J connectivity index is 2.01. The number of aryl methyl sites for hydroxylation is 2. The molecule has 0 atom stereocenters. The number of piperazine rings is 1. The Morgan fingerprint density at radius 1 is 0.955 bits per heavy atom. The van der Waals surface area contributed by atoms with Crippen LogP contribution < -0.4 is 4.90 Å². The molecule has 1 N–H and O–H groups in total. The van der Waals surface area contributed by atoms with Crippen molar-refractivity contribution in [3.8, 4) is 17.0 Å². The number of nitrogens with zero attached hydrogens (tertiary/aromatic N) is 4. The zero-order valence-electron chi connectivity index (χ0n) is 13.4. The van der Waals surface area contributed by atoms with Crippen LogP contribution in [0, 0.1) is 13.8 Å². The molecule has 5 heteroatoms. The number of aromatic nitrogens is 2. The maximum absolute atomic E-state index is 9.97. The van der Waals surface area contributed by atoms with Crippen molar-refractivity contribution < 1.29 is 5.11 Å². The Hall–Kier alpha value is -2.14. The average Bonchev–Trinajstić information content (AvgIpc) is 2.53. The van der Waals surface area contributed by atoms with Crippen LogP contribution in [-0.2, 0) is 0 Å². The van der Waals surface area contributed by atoms with Gasteiger partial charge in [0.25, 0.3) is 0 Å². The molecule has 2 aromatic rings. The second-order valence-electron chi connectivity index (χ2n) is 5.98. The fourth-order valence-electron chi connectivity index (χ4n) is 2.88. The van der Waals surface area contributed by atoms with Gasteiger partial charge >= 0.3 is 0 Å². The van der Waals surface area contributed by atoms with E-state index in [1.165, 1.54) is 0 Å². The van der Waals surface area contributed by atoms with Gasteiger partial charge in [-0.15, -0.1) is 0 Å². The molecule has 1 aromatic carbocycles. The first-order valence-electron chi connectivity index (χ1n) is 7.61. The Bertz CT molecular complexity index is 655. The first-order chi connectivity index (χ1) is 10.6. The molecule has 0 unspecified atom stereocenters. The predicted octanol–water partition coefficient (Wildman–Crippen LogP) is 2.22. The van der Waals surface area contributed by atoms with Gasteiger partial charge in [0, 0.05) is 44.1 Å². The van der Waals surface area contributed by atoms with Crippen LogP contribution in [-0.4, -0.2) is 53.2 Å². The average molecular weight is 298 g/mol. The molecule has 0 bridgehead atoms. The second kappa shape index (κ2) is 5.93. The van der Waals surface area contributed by atoms with Crippen LogP contribution in [0.5, 0.6) is 5.75 Å². The summed E-state index contributed by atoms with van der Waals surface area (Å²) in [4.78, 5) is 13.7. The molecule has 5 nitrogen and oxygen atoms in total. The van der Waals surface area contributed by atoms with E-state index < -0.39 is 0 Å². The largest absolute Gasteiger partial charge is 0.507 e. The summed E-state index contributed by atoms with van der Waals surface area (Å²) in [6.07, 6.45) is 3.48. The quantitative estimate of drug-likeness (QED) is 0.921. The molecule has 22 heavy (non-hydrogen) atoms. The molecule has 0 spiro atoms. The van der Waals surface area contributed by atoms with E-state index in [1.54, 1.807) is 12.4 Å². The Morgan fingerprint density at radius 2 is 1.55 bits per heavy atom. The summed E-state index contributed by atoms with van der Waals surface area (Å²) in [5.41, 5.74) is 3.63. The SMILES string of the molecule is Cc1cc(-c2nccnc2N2CCN(C)CC2)cc(C)c1O. The zero-order valence-corrected chi connectivity index (χ0v) is 13.4. The van der Waals surface area contributed by atoms with E-state index in [0.29, 0.717) is 5.75 Å². The summed E-state index contributed by atoms with van der Waals surface area (Å²) in [6, 6.07) is 3.96. The van der Waals surface area contributed by atoms with Gasteiger partial charge in [0.1, 0.15) is 11.4 Å². The van der Waals surface area contributed by atoms with Crippen LogP contribution in [0.2, 0.25) is 0 Å². The van der Waals surface area contributed by atoms with E-state index in [9.17, 15) is 5.11 Å². The fraction of sp³-hybridized carbons (Fsp3) is 0.412. The molecule has 0 amide bonds. The van der Waals surface area contributed by atoms with Crippen molar-refractivity contribution in [2.24, 2.45) is 0 Å². The zero-order chi connectivity index (χ0) is 15.7. The molecule has 116 valence electrons. The van der Waals surface area contributed by atoms with Crippen molar-refractivity contribution in [2.75, 3.05) is 38.1 Å². The number of anilines is 1. The van der Waals surface area contributed by atoms with Gasteiger partial charge in [-0.1, -0.05) is 0 Å². The van der Waals surface area contributed by atoms with Gasteiger partial charge in [-0.05, 0) is 44.2 Å². The Labute approximate surface area is 131 Å². The Morgan fingerprint density at radius 3 is 2.18 bits per heavy atom. The van der Waals surface area contributed by atoms with E-state index in [2.05, 4.69) is 26.8 Å². The highest BCUT2D eigenvalue weighted by Gasteiger charge is 2.20. The lowest BCUT2D eigenvalue weighted by molar-refractivity contribution is 0.312. The molecule has 1 aliphatic heterocycles. The van der Waals surface area contributed by atoms with Crippen LogP contribution in [0.15, 0.2) is 24.5 Å². The molecule has 0 radical (unpaired) electrons. The summed E-state index contributed by atoms with van der Waals surface area (Å²) in [7, 11) is 2.14. The normalized spacial score (nSPS) is 16.0. The molecular weight excluding hydrogens is 276 g/mol. The van der Waals surface area contributed by atoms with Crippen LogP contribution in [0.1, 0.15) is 11.1 Å². The van der Waals surface area contributed by atoms with Gasteiger partial charge in [0.05, 0.1) is 0 Å². The highest BCUT2D eigenvalue weighted by Crippen LogP contribution is 2.32. The van der Waals surface area contributed by atoms with Gasteiger partial charge in [0.15, 0.2) is 5.82 Å². The number of phenols is 1. The molecule has 0 saturated carbocycles. The smallest absolute Gasteiger partial charge is 0.155 e. The monoisotopic (exact) mass is 298 g/mol. The summed E-state index contributed by atoms with van der Waals surface area (Å²) in [6.45, 7) is 7.80. The van der Waals surface area contributed by atoms with E-state index in [-0.39, 0.29) is 0 Å². The minimum Gasteiger partial charge on any atom is -0.507 e. The van der Waals surface area contributed by atoms with Gasteiger partial charge in [-0.3, -0.25) is 4.98 Å². The maximum Gasteiger partial charge on any atom is 0.155 e. The number of hydrogen-bond donors (Lipinski definition) is 1. The van der Waals surface area contributed by atoms with E-state index in [0.717, 1.165) is 54.4 Å². The number of phenolic OH excluding ortho intramolecular Hbond substituents is 1. The first kappa shape index (κ1) is 14.8. The van der Waals surface area contributed by atoms with Gasteiger partial charge in [-0.25, -0.2) is 4.98 Å². The van der Waals surface area contributed by atoms with Crippen molar-refractivity contribution in [1.82, 2.24) is 14.9 Å². The lowest BCUT2D eigenvalue weighted by Crippen LogP contribution is -2.45. The van der Waals surface area contributed by atoms with Crippen LogP contribution >= 0.6 is 0 Å². The first-order valence-corrected chi connectivity index (χ1v) is 7.61. The van der Waals surface area contributed by atoms with E-state index in [1.807, 2.05) is 26.0 Å². The molecule has 1 aliphatic rings. The molecule has 1 fully saturated rings. The minimum absolute atomic E-state index is 0.355. The summed E-state index contributed by atoms with van der Waals surface area (Å²) >= 11 is 0. The molecular formula is C17H22N4O. The van der Waals surface area contributed by atoms with Gasteiger partial charge in [0.2, 0.25) is 0 Å². The predicted molar refractivity (Wildman–Crippen MR) is 88.3 cm³/mol. The third-order valence-electron chi connectivity index (χ3n) is 4.25. The number of likely N-dealkylation sites (N-methyl/N-ethyl adjacent to an activating group) is 1. The van der Waals surface area contributed by atoms with E-state index in [4.69, 9.17) is 0 Å². The number of benzene rings is 1. The standard InChI is InChI=1S/C17H22N4O/c1-12-10-14(11-13(2)16(12)22)15-17(19-5-4-18-15)21-8-6-20(3)7-9-21/h4-5,10-11,22H,6-9H2,1-3H3. The van der Waals surface area contributed by atoms with Crippen molar-refractivity contribution in [1.29, 1.82) is 0 Å². The molecule has 3 rings (SSSR count). The minimum atomic E-state index is 0.355. The second-order valence-corrected chi connectivity index (χ2v) is 5.98. The highest BCUT2D eigenvalue weighted by molar-refractivity contribution is 5.74. The number of rotatable bonds is 2. The van der Waals surface area contributed by atoms with Crippen LogP contribution in [0.3, 0.4) is 0 Å². The lowest BCUT2D eigenvalue weighted by Gasteiger charge is -2.33. The molecule has 0 aliphatic carbocycles. The number of hydrogen-bond acceptors (Lipinski definition) is 5. The Kier molecular flexibility index (Phi) is 3.98. The third kappa shape index (κ3) is 2.76. The van der Waals surface area contributed by atoms with Crippen molar-refractivity contribution >= 4 is 5.82 Å². The highest BCUT2D eigenvalue weighted by atomic mass is 16.3. The topological polar surface area (TPSA) is 52.5 Å². The molecule has 2 heterocycles. The number of aromatic hydroxyl groups is 1. The third-order valence-corrected chi connectivity index (χ3v) is 4.25. The summed E-state index contributed by atoms with van der Waals surface area (Å²) in [5.74, 6) is 1.29. The maximum atomic E-state index is 9.97. The van der Waals surface area contributed by atoms with Crippen molar-refractivity contribution in [2.45, 2.75) is 13.8 Å². The fourth-order valence-corrected chi connectivity index (χ4v) is 2.88. The lowest BCUT2D eigenvalue weighted by atomic mass is 10.0. The molecule has 1 aromatic heterocycles. The summed E-state index contributed by atoms with van der Waals surface area (Å²) < 4.78 is 0. The molecule has 1 saturated heterocycles. The van der Waals surface area contributed by atoms with E-state index >= 15 is 0 Å². The van der Waals surface area contributed by atoms with Crippen LogP contribution in [0.4, 0.5) is 5.82 Å². The van der Waals surface area contributed by atoms with Crippen molar-refractivity contribution in [3.05, 3.63) is 35.7 Å². The summed E-state index contributed by atoms with van der Waals surface area (Å²) in [5, 5.41) is 9.97. The van der Waals surface area contributed by atoms with Crippen molar-refractivity contribution in [3.63, 3.8) is 0 Å². The van der Waals surface area contributed by atoms with Crippen LogP contribution in [0.25, 0.3) is 11.3 Å².